The first-order valence-corrected chi connectivity index (χ1v) is 4.86. The molecule has 88 valence electrons. The Balaban J connectivity index is 2.90. The van der Waals surface area contributed by atoms with Crippen LogP contribution < -0.4 is 11.5 Å². The zero-order valence-electron chi connectivity index (χ0n) is 8.30. The van der Waals surface area contributed by atoms with Crippen molar-refractivity contribution in [2.45, 2.75) is 18.6 Å². The smallest absolute Gasteiger partial charge is 0.220 e. The molecule has 0 radical (unpaired) electrons. The summed E-state index contributed by atoms with van der Waals surface area (Å²) in [4.78, 5) is 14.4. The van der Waals surface area contributed by atoms with Crippen LogP contribution in [-0.2, 0) is 4.79 Å². The van der Waals surface area contributed by atoms with Gasteiger partial charge in [-0.25, -0.2) is 4.98 Å². The third-order valence-corrected chi connectivity index (χ3v) is 2.19. The maximum absolute atomic E-state index is 10.6. The number of aromatic nitrogens is 1. The minimum Gasteiger partial charge on any atom is -0.397 e. The fourth-order valence-electron chi connectivity index (χ4n) is 1.20. The van der Waals surface area contributed by atoms with Gasteiger partial charge in [-0.05, 0) is 12.1 Å². The molecule has 0 bridgehead atoms. The van der Waals surface area contributed by atoms with E-state index in [1.54, 1.807) is 0 Å². The highest BCUT2D eigenvalue weighted by molar-refractivity contribution is 6.29. The Bertz CT molecular complexity index is 400. The highest BCUT2D eigenvalue weighted by Crippen LogP contribution is 2.24. The maximum Gasteiger partial charge on any atom is 0.220 e. The lowest BCUT2D eigenvalue weighted by molar-refractivity contribution is -0.121. The second-order valence-corrected chi connectivity index (χ2v) is 3.68. The van der Waals surface area contributed by atoms with E-state index < -0.39 is 18.1 Å². The molecule has 1 rings (SSSR count). The van der Waals surface area contributed by atoms with Crippen LogP contribution in [-0.4, -0.2) is 27.2 Å². The van der Waals surface area contributed by atoms with Gasteiger partial charge in [-0.15, -0.1) is 0 Å². The zero-order valence-corrected chi connectivity index (χ0v) is 9.05. The summed E-state index contributed by atoms with van der Waals surface area (Å²) in [6.45, 7) is 0. The molecule has 0 saturated carbocycles. The van der Waals surface area contributed by atoms with Crippen LogP contribution in [0.1, 0.15) is 18.2 Å². The maximum atomic E-state index is 10.6. The van der Waals surface area contributed by atoms with Gasteiger partial charge in [0.15, 0.2) is 0 Å². The molecular formula is C9H12ClN3O3. The topological polar surface area (TPSA) is 122 Å². The molecule has 1 aromatic heterocycles. The van der Waals surface area contributed by atoms with Crippen LogP contribution >= 0.6 is 11.6 Å². The van der Waals surface area contributed by atoms with Gasteiger partial charge in [-0.2, -0.15) is 0 Å². The Hall–Kier alpha value is -1.37. The standard InChI is InChI=1S/C9H12ClN3O3/c10-6-2-1-4(11)8(13-6)9(16)5(14)3-7(12)15/h1-2,5,9,14,16H,3,11H2,(H2,12,15). The van der Waals surface area contributed by atoms with Crippen molar-refractivity contribution in [1.29, 1.82) is 0 Å². The minimum absolute atomic E-state index is 0.0289. The third-order valence-electron chi connectivity index (χ3n) is 1.98. The molecule has 2 atom stereocenters. The predicted molar refractivity (Wildman–Crippen MR) is 58.4 cm³/mol. The van der Waals surface area contributed by atoms with Gasteiger partial charge in [0.25, 0.3) is 0 Å². The number of hydrogen-bond donors (Lipinski definition) is 4. The first-order valence-electron chi connectivity index (χ1n) is 4.48. The number of nitrogens with zero attached hydrogens (tertiary/aromatic N) is 1. The summed E-state index contributed by atoms with van der Waals surface area (Å²) in [5.74, 6) is -0.729. The fraction of sp³-hybridized carbons (Fsp3) is 0.333. The van der Waals surface area contributed by atoms with Gasteiger partial charge < -0.3 is 21.7 Å². The molecular weight excluding hydrogens is 234 g/mol. The number of hydrogen-bond acceptors (Lipinski definition) is 5. The van der Waals surface area contributed by atoms with Gasteiger partial charge in [-0.3, -0.25) is 4.79 Å². The fourth-order valence-corrected chi connectivity index (χ4v) is 1.35. The second kappa shape index (κ2) is 5.11. The van der Waals surface area contributed by atoms with E-state index in [9.17, 15) is 15.0 Å². The molecule has 0 aliphatic rings. The van der Waals surface area contributed by atoms with Crippen molar-refractivity contribution < 1.29 is 15.0 Å². The van der Waals surface area contributed by atoms with Crippen LogP contribution in [0.25, 0.3) is 0 Å². The van der Waals surface area contributed by atoms with Crippen molar-refractivity contribution in [2.24, 2.45) is 5.73 Å². The average molecular weight is 246 g/mol. The van der Waals surface area contributed by atoms with Crippen molar-refractivity contribution in [3.63, 3.8) is 0 Å². The lowest BCUT2D eigenvalue weighted by Crippen LogP contribution is -2.26. The van der Waals surface area contributed by atoms with Crippen molar-refractivity contribution in [3.8, 4) is 0 Å². The molecule has 0 fully saturated rings. The molecule has 0 spiro atoms. The summed E-state index contributed by atoms with van der Waals surface area (Å²) >= 11 is 5.62. The number of primary amides is 1. The summed E-state index contributed by atoms with van der Waals surface area (Å²) < 4.78 is 0. The highest BCUT2D eigenvalue weighted by atomic mass is 35.5. The quantitative estimate of drug-likeness (QED) is 0.537. The molecule has 1 heterocycles. The van der Waals surface area contributed by atoms with Gasteiger partial charge in [0, 0.05) is 0 Å². The summed E-state index contributed by atoms with van der Waals surface area (Å²) in [7, 11) is 0. The minimum atomic E-state index is -1.40. The van der Waals surface area contributed by atoms with Crippen molar-refractivity contribution in [2.75, 3.05) is 5.73 Å². The number of carbonyl (C=O) groups is 1. The predicted octanol–water partition coefficient (Wildman–Crippen LogP) is -0.413. The number of rotatable bonds is 4. The van der Waals surface area contributed by atoms with Crippen molar-refractivity contribution in [3.05, 3.63) is 23.0 Å². The molecule has 0 aliphatic carbocycles. The zero-order chi connectivity index (χ0) is 12.3. The molecule has 0 aromatic carbocycles. The Morgan fingerprint density at radius 1 is 1.50 bits per heavy atom. The van der Waals surface area contributed by atoms with Crippen molar-refractivity contribution >= 4 is 23.2 Å². The first-order chi connectivity index (χ1) is 7.41. The first kappa shape index (κ1) is 12.7. The van der Waals surface area contributed by atoms with Crippen molar-refractivity contribution in [1.82, 2.24) is 4.98 Å². The summed E-state index contributed by atoms with van der Waals surface area (Å²) in [5.41, 5.74) is 10.6. The number of nitrogens with two attached hydrogens (primary N) is 2. The van der Waals surface area contributed by atoms with Gasteiger partial charge in [0.1, 0.15) is 11.3 Å². The number of nitrogen functional groups attached to an aromatic ring is 1. The number of pyridine rings is 1. The number of aliphatic hydroxyl groups excluding tert-OH is 2. The van der Waals surface area contributed by atoms with E-state index in [1.165, 1.54) is 12.1 Å². The van der Waals surface area contributed by atoms with Crippen LogP contribution in [0.15, 0.2) is 12.1 Å². The lowest BCUT2D eigenvalue weighted by atomic mass is 10.1. The molecule has 6 N–H and O–H groups in total. The number of halogens is 1. The normalized spacial score (nSPS) is 14.4. The molecule has 0 aliphatic heterocycles. The van der Waals surface area contributed by atoms with Crippen LogP contribution in [0.3, 0.4) is 0 Å². The van der Waals surface area contributed by atoms with E-state index in [2.05, 4.69) is 4.98 Å². The Morgan fingerprint density at radius 3 is 2.69 bits per heavy atom. The number of carbonyl (C=O) groups excluding carboxylic acids is 1. The average Bonchev–Trinajstić information content (AvgIpc) is 2.19. The summed E-state index contributed by atoms with van der Waals surface area (Å²) in [6.07, 6.45) is -3.13. The summed E-state index contributed by atoms with van der Waals surface area (Å²) in [5, 5.41) is 19.3. The molecule has 6 nitrogen and oxygen atoms in total. The Labute approximate surface area is 96.8 Å². The van der Waals surface area contributed by atoms with E-state index >= 15 is 0 Å². The van der Waals surface area contributed by atoms with Crippen LogP contribution in [0.2, 0.25) is 5.15 Å². The van der Waals surface area contributed by atoms with Crippen LogP contribution in [0, 0.1) is 0 Å². The number of aliphatic hydroxyl groups is 2. The van der Waals surface area contributed by atoms with Crippen LogP contribution in [0.4, 0.5) is 5.69 Å². The van der Waals surface area contributed by atoms with E-state index in [4.69, 9.17) is 23.1 Å². The molecule has 1 amide bonds. The van der Waals surface area contributed by atoms with Crippen LogP contribution in [0.5, 0.6) is 0 Å². The molecule has 2 unspecified atom stereocenters. The van der Waals surface area contributed by atoms with Gasteiger partial charge in [0.05, 0.1) is 23.9 Å². The third kappa shape index (κ3) is 3.06. The lowest BCUT2D eigenvalue weighted by Gasteiger charge is -2.17. The van der Waals surface area contributed by atoms with E-state index in [0.717, 1.165) is 0 Å². The molecule has 16 heavy (non-hydrogen) atoms. The summed E-state index contributed by atoms with van der Waals surface area (Å²) in [6, 6.07) is 2.90. The second-order valence-electron chi connectivity index (χ2n) is 3.29. The Morgan fingerprint density at radius 2 is 2.12 bits per heavy atom. The highest BCUT2D eigenvalue weighted by Gasteiger charge is 2.23. The Kier molecular flexibility index (Phi) is 4.05. The molecule has 0 saturated heterocycles. The van der Waals surface area contributed by atoms with Gasteiger partial charge >= 0.3 is 0 Å². The largest absolute Gasteiger partial charge is 0.397 e. The number of amides is 1. The number of anilines is 1. The molecule has 7 heteroatoms. The van der Waals surface area contributed by atoms with E-state index in [-0.39, 0.29) is 23.0 Å². The molecule has 1 aromatic rings. The van der Waals surface area contributed by atoms with E-state index in [0.29, 0.717) is 0 Å². The van der Waals surface area contributed by atoms with Gasteiger partial charge in [-0.1, -0.05) is 11.6 Å². The van der Waals surface area contributed by atoms with E-state index in [1.807, 2.05) is 0 Å². The van der Waals surface area contributed by atoms with Gasteiger partial charge in [0.2, 0.25) is 5.91 Å². The monoisotopic (exact) mass is 245 g/mol. The SMILES string of the molecule is NC(=O)CC(O)C(O)c1nc(Cl)ccc1N.